The van der Waals surface area contributed by atoms with E-state index in [9.17, 15) is 29.6 Å². The molecule has 4 unspecified atom stereocenters. The van der Waals surface area contributed by atoms with Crippen LogP contribution in [0, 0.1) is 23.0 Å². The second-order valence-corrected chi connectivity index (χ2v) is 9.85. The molecule has 1 aliphatic heterocycles. The van der Waals surface area contributed by atoms with Crippen molar-refractivity contribution in [2.75, 3.05) is 0 Å². The van der Waals surface area contributed by atoms with Gasteiger partial charge in [-0.3, -0.25) is 19.7 Å². The molecule has 40 heavy (non-hydrogen) atoms. The number of carbonyl (C=O) groups is 3. The van der Waals surface area contributed by atoms with Gasteiger partial charge in [-0.2, -0.15) is 0 Å². The summed E-state index contributed by atoms with van der Waals surface area (Å²) in [7, 11) is 0. The number of aryl methyl sites for hydroxylation is 1. The Kier molecular flexibility index (Phi) is 7.25. The molecule has 0 spiro atoms. The fraction of sp³-hybridized carbons (Fsp3) is 0.156. The summed E-state index contributed by atoms with van der Waals surface area (Å²) in [6.07, 6.45) is 0. The second kappa shape index (κ2) is 10.9. The molecule has 1 aliphatic rings. The highest BCUT2D eigenvalue weighted by atomic mass is 16.6. The maximum absolute atomic E-state index is 14.3. The van der Waals surface area contributed by atoms with E-state index in [4.69, 9.17) is 0 Å². The van der Waals surface area contributed by atoms with Crippen molar-refractivity contribution in [3.63, 3.8) is 0 Å². The number of nitrogens with zero attached hydrogens (tertiary/aromatic N) is 2. The quantitative estimate of drug-likeness (QED) is 0.181. The normalized spacial score (nSPS) is 20.2. The zero-order valence-electron chi connectivity index (χ0n) is 21.6. The highest BCUT2D eigenvalue weighted by Crippen LogP contribution is 2.52. The molecule has 8 heteroatoms. The summed E-state index contributed by atoms with van der Waals surface area (Å²) in [4.78, 5) is 53.5. The third kappa shape index (κ3) is 4.87. The summed E-state index contributed by atoms with van der Waals surface area (Å²) >= 11 is 0. The fourth-order valence-electron chi connectivity index (χ4n) is 5.61. The minimum atomic E-state index is -1.42. The van der Waals surface area contributed by atoms with Gasteiger partial charge in [-0.25, -0.2) is 4.79 Å². The Balaban J connectivity index is 1.77. The Labute approximate surface area is 230 Å². The van der Waals surface area contributed by atoms with Crippen molar-refractivity contribution in [2.45, 2.75) is 24.9 Å². The van der Waals surface area contributed by atoms with E-state index in [1.54, 1.807) is 60.7 Å². The average molecular weight is 535 g/mol. The minimum absolute atomic E-state index is 0.160. The summed E-state index contributed by atoms with van der Waals surface area (Å²) < 4.78 is 0. The lowest BCUT2D eigenvalue weighted by molar-refractivity contribution is -0.384. The van der Waals surface area contributed by atoms with E-state index in [2.05, 4.69) is 0 Å². The Morgan fingerprint density at radius 1 is 0.750 bits per heavy atom. The lowest BCUT2D eigenvalue weighted by Crippen LogP contribution is -2.43. The Bertz CT molecular complexity index is 1550. The van der Waals surface area contributed by atoms with Crippen molar-refractivity contribution in [1.29, 1.82) is 0 Å². The number of likely N-dealkylation sites (tertiary alicyclic amines) is 1. The van der Waals surface area contributed by atoms with Gasteiger partial charge in [0, 0.05) is 29.2 Å². The molecule has 4 atom stereocenters. The monoisotopic (exact) mass is 534 g/mol. The fourth-order valence-corrected chi connectivity index (χ4v) is 5.61. The molecule has 0 aromatic heterocycles. The lowest BCUT2D eigenvalue weighted by Gasteiger charge is -2.30. The molecule has 1 fully saturated rings. The molecule has 0 bridgehead atoms. The number of nitro groups is 1. The van der Waals surface area contributed by atoms with E-state index in [1.165, 1.54) is 29.2 Å². The number of non-ortho nitro benzene ring substituents is 1. The molecule has 200 valence electrons. The van der Waals surface area contributed by atoms with Crippen LogP contribution in [-0.4, -0.2) is 38.6 Å². The second-order valence-electron chi connectivity index (χ2n) is 9.85. The van der Waals surface area contributed by atoms with E-state index < -0.39 is 40.7 Å². The third-order valence-electron chi connectivity index (χ3n) is 7.44. The summed E-state index contributed by atoms with van der Waals surface area (Å²) in [5, 5.41) is 22.0. The summed E-state index contributed by atoms with van der Waals surface area (Å²) in [6, 6.07) is 27.5. The molecule has 1 amide bonds. The third-order valence-corrected chi connectivity index (χ3v) is 7.44. The van der Waals surface area contributed by atoms with Gasteiger partial charge in [-0.1, -0.05) is 90.5 Å². The molecular weight excluding hydrogens is 508 g/mol. The maximum Gasteiger partial charge on any atom is 0.327 e. The topological polar surface area (TPSA) is 118 Å². The van der Waals surface area contributed by atoms with Crippen LogP contribution in [0.3, 0.4) is 0 Å². The number of amides is 1. The molecule has 1 N–H and O–H groups in total. The van der Waals surface area contributed by atoms with Crippen LogP contribution in [0.15, 0.2) is 109 Å². The van der Waals surface area contributed by atoms with Gasteiger partial charge >= 0.3 is 5.97 Å². The Hall–Kier alpha value is -5.11. The summed E-state index contributed by atoms with van der Waals surface area (Å²) in [5.41, 5.74) is 2.53. The Morgan fingerprint density at radius 2 is 1.27 bits per heavy atom. The van der Waals surface area contributed by atoms with Crippen molar-refractivity contribution < 1.29 is 24.4 Å². The molecule has 8 nitrogen and oxygen atoms in total. The number of rotatable bonds is 7. The number of benzene rings is 4. The molecule has 4 aromatic carbocycles. The van der Waals surface area contributed by atoms with Crippen molar-refractivity contribution in [2.24, 2.45) is 5.92 Å². The number of Topliss-reactive ketones (excluding diaryl/α,β-unsaturated/α-hetero) is 1. The zero-order chi connectivity index (χ0) is 28.4. The Morgan fingerprint density at radius 3 is 1.80 bits per heavy atom. The average Bonchev–Trinajstić information content (AvgIpc) is 3.34. The zero-order valence-corrected chi connectivity index (χ0v) is 21.6. The van der Waals surface area contributed by atoms with Crippen molar-refractivity contribution in [3.05, 3.63) is 147 Å². The van der Waals surface area contributed by atoms with Crippen LogP contribution in [-0.2, 0) is 4.79 Å². The van der Waals surface area contributed by atoms with E-state index in [0.29, 0.717) is 22.3 Å². The molecular formula is C32H26N2O6. The van der Waals surface area contributed by atoms with Crippen LogP contribution in [0.4, 0.5) is 5.69 Å². The predicted molar refractivity (Wildman–Crippen MR) is 148 cm³/mol. The molecule has 4 aromatic rings. The van der Waals surface area contributed by atoms with Gasteiger partial charge in [0.25, 0.3) is 11.6 Å². The molecule has 0 aliphatic carbocycles. The highest BCUT2D eigenvalue weighted by molar-refractivity contribution is 6.03. The van der Waals surface area contributed by atoms with E-state index in [1.807, 2.05) is 31.2 Å². The van der Waals surface area contributed by atoms with E-state index >= 15 is 0 Å². The number of hydrogen-bond acceptors (Lipinski definition) is 5. The first-order valence-corrected chi connectivity index (χ1v) is 12.8. The van der Waals surface area contributed by atoms with Gasteiger partial charge in [-0.05, 0) is 30.2 Å². The van der Waals surface area contributed by atoms with Gasteiger partial charge in [0.1, 0.15) is 6.04 Å². The summed E-state index contributed by atoms with van der Waals surface area (Å²) in [6.45, 7) is 1.91. The molecule has 0 radical (unpaired) electrons. The smallest absolute Gasteiger partial charge is 0.327 e. The first kappa shape index (κ1) is 26.5. The van der Waals surface area contributed by atoms with Gasteiger partial charge in [0.2, 0.25) is 0 Å². The number of carboxylic acid groups (broad SMARTS) is 1. The maximum atomic E-state index is 14.3. The molecule has 1 saturated heterocycles. The van der Waals surface area contributed by atoms with E-state index in [-0.39, 0.29) is 11.5 Å². The number of nitro benzene ring substituents is 1. The number of aliphatic carboxylic acids is 1. The van der Waals surface area contributed by atoms with Crippen molar-refractivity contribution in [1.82, 2.24) is 4.90 Å². The van der Waals surface area contributed by atoms with E-state index in [0.717, 1.165) is 5.56 Å². The predicted octanol–water partition coefficient (Wildman–Crippen LogP) is 5.84. The molecule has 1 heterocycles. The SMILES string of the molecule is Cc1ccc(C2C(C(=O)c3ccccc3)C(c3ccc([N+](=O)[O-])cc3)C(C(=O)O)N2C(=O)c2ccccc2)cc1. The van der Waals surface area contributed by atoms with Crippen molar-refractivity contribution >= 4 is 23.3 Å². The van der Waals surface area contributed by atoms with Crippen LogP contribution in [0.5, 0.6) is 0 Å². The minimum Gasteiger partial charge on any atom is -0.480 e. The largest absolute Gasteiger partial charge is 0.480 e. The number of carbonyl (C=O) groups excluding carboxylic acids is 2. The van der Waals surface area contributed by atoms with Gasteiger partial charge in [0.15, 0.2) is 5.78 Å². The van der Waals surface area contributed by atoms with Gasteiger partial charge < -0.3 is 10.0 Å². The highest BCUT2D eigenvalue weighted by Gasteiger charge is 2.57. The number of carboxylic acids is 1. The van der Waals surface area contributed by atoms with Crippen LogP contribution in [0.25, 0.3) is 0 Å². The number of hydrogen-bond donors (Lipinski definition) is 1. The van der Waals surface area contributed by atoms with Gasteiger partial charge in [0.05, 0.1) is 16.9 Å². The van der Waals surface area contributed by atoms with Crippen LogP contribution in [0.1, 0.15) is 49.4 Å². The van der Waals surface area contributed by atoms with Crippen LogP contribution < -0.4 is 0 Å². The number of ketones is 1. The van der Waals surface area contributed by atoms with Gasteiger partial charge in [-0.15, -0.1) is 0 Å². The molecule has 0 saturated carbocycles. The first-order chi connectivity index (χ1) is 19.3. The lowest BCUT2D eigenvalue weighted by atomic mass is 9.76. The summed E-state index contributed by atoms with van der Waals surface area (Å²) in [5.74, 6) is -4.07. The van der Waals surface area contributed by atoms with Crippen LogP contribution in [0.2, 0.25) is 0 Å². The first-order valence-electron chi connectivity index (χ1n) is 12.8. The van der Waals surface area contributed by atoms with Crippen molar-refractivity contribution in [3.8, 4) is 0 Å². The standard InChI is InChI=1S/C32H26N2O6/c1-20-12-14-22(15-13-20)28-27(30(35)23-8-4-2-5-9-23)26(21-16-18-25(19-17-21)34(39)40)29(32(37)38)33(28)31(36)24-10-6-3-7-11-24/h2-19,26-29H,1H3,(H,37,38). The van der Waals surface area contributed by atoms with Crippen LogP contribution >= 0.6 is 0 Å². The molecule has 5 rings (SSSR count).